The molecular weight excluding hydrogens is 192 g/mol. The maximum atomic E-state index is 2.41. The second-order valence-corrected chi connectivity index (χ2v) is 5.39. The molecule has 0 fully saturated rings. The largest absolute Gasteiger partial charge is 0.0648 e. The van der Waals surface area contributed by atoms with Crippen LogP contribution in [-0.4, -0.2) is 0 Å². The zero-order chi connectivity index (χ0) is 12.2. The highest BCUT2D eigenvalue weighted by Crippen LogP contribution is 2.48. The van der Waals surface area contributed by atoms with Crippen LogP contribution in [0.2, 0.25) is 0 Å². The van der Waals surface area contributed by atoms with Gasteiger partial charge in [-0.1, -0.05) is 71.4 Å². The monoisotopic (exact) mass is 218 g/mol. The van der Waals surface area contributed by atoms with Gasteiger partial charge in [0.15, 0.2) is 0 Å². The molecule has 1 aromatic carbocycles. The summed E-state index contributed by atoms with van der Waals surface area (Å²) in [6.45, 7) is 11.8. The van der Waals surface area contributed by atoms with Crippen molar-refractivity contribution < 1.29 is 0 Å². The van der Waals surface area contributed by atoms with Crippen molar-refractivity contribution in [2.24, 2.45) is 5.41 Å². The SMILES string of the molecule is CCC(C)(C)C(CC)(CC)c1ccccc1. The average Bonchev–Trinajstić information content (AvgIpc) is 2.32. The van der Waals surface area contributed by atoms with E-state index in [-0.39, 0.29) is 0 Å². The first-order valence-electron chi connectivity index (χ1n) is 6.59. The van der Waals surface area contributed by atoms with E-state index in [1.807, 2.05) is 0 Å². The Balaban J connectivity index is 3.27. The van der Waals surface area contributed by atoms with Crippen LogP contribution in [0, 0.1) is 5.41 Å². The Morgan fingerprint density at radius 3 is 1.69 bits per heavy atom. The van der Waals surface area contributed by atoms with Crippen molar-refractivity contribution in [3.63, 3.8) is 0 Å². The minimum atomic E-state index is 0.322. The van der Waals surface area contributed by atoms with Crippen LogP contribution in [0.4, 0.5) is 0 Å². The molecule has 0 N–H and O–H groups in total. The van der Waals surface area contributed by atoms with Crippen LogP contribution in [0.25, 0.3) is 0 Å². The molecule has 0 saturated carbocycles. The van der Waals surface area contributed by atoms with E-state index in [0.29, 0.717) is 10.8 Å². The predicted molar refractivity (Wildman–Crippen MR) is 72.8 cm³/mol. The maximum Gasteiger partial charge on any atom is -0.000122 e. The topological polar surface area (TPSA) is 0 Å². The summed E-state index contributed by atoms with van der Waals surface area (Å²) in [7, 11) is 0. The van der Waals surface area contributed by atoms with Gasteiger partial charge in [0.25, 0.3) is 0 Å². The van der Waals surface area contributed by atoms with Gasteiger partial charge in [0, 0.05) is 0 Å². The zero-order valence-corrected chi connectivity index (χ0v) is 11.5. The summed E-state index contributed by atoms with van der Waals surface area (Å²) in [5.74, 6) is 0. The summed E-state index contributed by atoms with van der Waals surface area (Å²) in [6.07, 6.45) is 3.66. The van der Waals surface area contributed by atoms with E-state index in [2.05, 4.69) is 65.0 Å². The first kappa shape index (κ1) is 13.3. The molecule has 0 amide bonds. The van der Waals surface area contributed by atoms with Crippen molar-refractivity contribution in [3.05, 3.63) is 35.9 Å². The van der Waals surface area contributed by atoms with Gasteiger partial charge in [-0.3, -0.25) is 0 Å². The van der Waals surface area contributed by atoms with E-state index in [9.17, 15) is 0 Å². The summed E-state index contributed by atoms with van der Waals surface area (Å²) in [5.41, 5.74) is 2.19. The lowest BCUT2D eigenvalue weighted by Gasteiger charge is -2.46. The third kappa shape index (κ3) is 2.03. The minimum absolute atomic E-state index is 0.322. The van der Waals surface area contributed by atoms with Crippen molar-refractivity contribution in [1.29, 1.82) is 0 Å². The third-order valence-electron chi connectivity index (χ3n) is 4.71. The van der Waals surface area contributed by atoms with Crippen molar-refractivity contribution in [2.75, 3.05) is 0 Å². The molecule has 0 aliphatic rings. The Hall–Kier alpha value is -0.780. The lowest BCUT2D eigenvalue weighted by Crippen LogP contribution is -2.40. The van der Waals surface area contributed by atoms with Crippen molar-refractivity contribution >= 4 is 0 Å². The minimum Gasteiger partial charge on any atom is -0.0648 e. The first-order chi connectivity index (χ1) is 7.54. The molecule has 16 heavy (non-hydrogen) atoms. The van der Waals surface area contributed by atoms with Crippen LogP contribution in [0.1, 0.15) is 59.4 Å². The predicted octanol–water partition coefficient (Wildman–Crippen LogP) is 5.18. The maximum absolute atomic E-state index is 2.41. The highest BCUT2D eigenvalue weighted by atomic mass is 14.5. The van der Waals surface area contributed by atoms with Crippen LogP contribution in [0.3, 0.4) is 0 Å². The fourth-order valence-electron chi connectivity index (χ4n) is 3.10. The van der Waals surface area contributed by atoms with Crippen LogP contribution < -0.4 is 0 Å². The number of benzene rings is 1. The standard InChI is InChI=1S/C16H26/c1-6-15(4,5)16(7-2,8-3)14-12-10-9-11-13-14/h9-13H,6-8H2,1-5H3. The normalized spacial score (nSPS) is 12.8. The summed E-state index contributed by atoms with van der Waals surface area (Å²) < 4.78 is 0. The second kappa shape index (κ2) is 5.03. The molecule has 0 radical (unpaired) electrons. The van der Waals surface area contributed by atoms with Gasteiger partial charge in [-0.2, -0.15) is 0 Å². The molecule has 0 aromatic heterocycles. The Bertz CT molecular complexity index is 304. The fraction of sp³-hybridized carbons (Fsp3) is 0.625. The molecule has 0 saturated heterocycles. The van der Waals surface area contributed by atoms with Gasteiger partial charge < -0.3 is 0 Å². The molecule has 0 bridgehead atoms. The van der Waals surface area contributed by atoms with Gasteiger partial charge in [-0.05, 0) is 29.2 Å². The molecule has 0 nitrogen and oxygen atoms in total. The molecule has 0 heterocycles. The summed E-state index contributed by atoms with van der Waals surface area (Å²) >= 11 is 0. The van der Waals surface area contributed by atoms with Gasteiger partial charge >= 0.3 is 0 Å². The van der Waals surface area contributed by atoms with E-state index in [4.69, 9.17) is 0 Å². The zero-order valence-electron chi connectivity index (χ0n) is 11.5. The van der Waals surface area contributed by atoms with Gasteiger partial charge in [0.1, 0.15) is 0 Å². The molecule has 90 valence electrons. The van der Waals surface area contributed by atoms with Gasteiger partial charge in [-0.25, -0.2) is 0 Å². The van der Waals surface area contributed by atoms with Crippen molar-refractivity contribution in [1.82, 2.24) is 0 Å². The summed E-state index contributed by atoms with van der Waals surface area (Å²) in [4.78, 5) is 0. The Morgan fingerprint density at radius 2 is 1.31 bits per heavy atom. The van der Waals surface area contributed by atoms with E-state index < -0.39 is 0 Å². The molecular formula is C16H26. The molecule has 1 rings (SSSR count). The molecule has 0 unspecified atom stereocenters. The quantitative estimate of drug-likeness (QED) is 0.638. The Labute approximate surface area is 101 Å². The van der Waals surface area contributed by atoms with Gasteiger partial charge in [0.2, 0.25) is 0 Å². The molecule has 0 spiro atoms. The van der Waals surface area contributed by atoms with Crippen LogP contribution >= 0.6 is 0 Å². The lowest BCUT2D eigenvalue weighted by molar-refractivity contribution is 0.138. The highest BCUT2D eigenvalue weighted by molar-refractivity contribution is 5.28. The van der Waals surface area contributed by atoms with E-state index in [0.717, 1.165) is 0 Å². The Morgan fingerprint density at radius 1 is 0.812 bits per heavy atom. The van der Waals surface area contributed by atoms with Crippen molar-refractivity contribution in [2.45, 2.75) is 59.3 Å². The highest BCUT2D eigenvalue weighted by Gasteiger charge is 2.41. The van der Waals surface area contributed by atoms with Crippen LogP contribution in [0.15, 0.2) is 30.3 Å². The van der Waals surface area contributed by atoms with E-state index >= 15 is 0 Å². The van der Waals surface area contributed by atoms with Crippen LogP contribution in [0.5, 0.6) is 0 Å². The van der Waals surface area contributed by atoms with Crippen LogP contribution in [-0.2, 0) is 5.41 Å². The molecule has 0 heteroatoms. The van der Waals surface area contributed by atoms with Crippen molar-refractivity contribution in [3.8, 4) is 0 Å². The molecule has 0 aliphatic carbocycles. The van der Waals surface area contributed by atoms with E-state index in [1.54, 1.807) is 0 Å². The van der Waals surface area contributed by atoms with Gasteiger partial charge in [-0.15, -0.1) is 0 Å². The average molecular weight is 218 g/mol. The number of hydrogen-bond acceptors (Lipinski definition) is 0. The summed E-state index contributed by atoms with van der Waals surface area (Å²) in [5, 5.41) is 0. The number of rotatable bonds is 5. The number of hydrogen-bond donors (Lipinski definition) is 0. The Kier molecular flexibility index (Phi) is 4.18. The van der Waals surface area contributed by atoms with E-state index in [1.165, 1.54) is 24.8 Å². The second-order valence-electron chi connectivity index (χ2n) is 5.39. The summed E-state index contributed by atoms with van der Waals surface area (Å²) in [6, 6.07) is 11.0. The first-order valence-corrected chi connectivity index (χ1v) is 6.59. The molecule has 0 aliphatic heterocycles. The smallest absolute Gasteiger partial charge is 0.000122 e. The molecule has 0 atom stereocenters. The molecule has 1 aromatic rings. The van der Waals surface area contributed by atoms with Gasteiger partial charge in [0.05, 0.1) is 0 Å². The third-order valence-corrected chi connectivity index (χ3v) is 4.71. The fourth-order valence-corrected chi connectivity index (χ4v) is 3.10. The lowest BCUT2D eigenvalue weighted by atomic mass is 9.58.